The van der Waals surface area contributed by atoms with Gasteiger partial charge < -0.3 is 16.0 Å². The minimum absolute atomic E-state index is 0.149. The molecule has 3 amide bonds. The van der Waals surface area contributed by atoms with Gasteiger partial charge in [-0.1, -0.05) is 42.5 Å². The molecule has 0 aliphatic carbocycles. The highest BCUT2D eigenvalue weighted by molar-refractivity contribution is 9.10. The van der Waals surface area contributed by atoms with Gasteiger partial charge in [-0.05, 0) is 64.8 Å². The van der Waals surface area contributed by atoms with Crippen LogP contribution in [0.3, 0.4) is 0 Å². The van der Waals surface area contributed by atoms with E-state index in [4.69, 9.17) is 0 Å². The molecule has 28 heavy (non-hydrogen) atoms. The molecule has 0 aromatic heterocycles. The van der Waals surface area contributed by atoms with Crippen molar-refractivity contribution in [1.82, 2.24) is 5.32 Å². The van der Waals surface area contributed by atoms with Gasteiger partial charge in [0.2, 0.25) is 0 Å². The Labute approximate surface area is 172 Å². The van der Waals surface area contributed by atoms with Crippen molar-refractivity contribution in [3.63, 3.8) is 0 Å². The first-order valence-corrected chi connectivity index (χ1v) is 9.60. The number of para-hydroxylation sites is 1. The minimum atomic E-state index is -0.311. The summed E-state index contributed by atoms with van der Waals surface area (Å²) in [6.07, 6.45) is 0. The van der Waals surface area contributed by atoms with Gasteiger partial charge in [0.15, 0.2) is 0 Å². The molecule has 0 heterocycles. The number of amides is 3. The van der Waals surface area contributed by atoms with E-state index in [2.05, 4.69) is 31.9 Å². The first-order valence-electron chi connectivity index (χ1n) is 8.81. The largest absolute Gasteiger partial charge is 0.345 e. The Morgan fingerprint density at radius 2 is 1.36 bits per heavy atom. The van der Waals surface area contributed by atoms with Gasteiger partial charge in [-0.15, -0.1) is 0 Å². The molecule has 0 aliphatic rings. The van der Waals surface area contributed by atoms with E-state index in [-0.39, 0.29) is 18.0 Å². The van der Waals surface area contributed by atoms with Gasteiger partial charge in [0.1, 0.15) is 0 Å². The molecule has 1 unspecified atom stereocenters. The van der Waals surface area contributed by atoms with Crippen LogP contribution in [-0.4, -0.2) is 11.9 Å². The molecule has 0 radical (unpaired) electrons. The zero-order valence-electron chi connectivity index (χ0n) is 15.3. The van der Waals surface area contributed by atoms with Crippen LogP contribution in [0.2, 0.25) is 0 Å². The van der Waals surface area contributed by atoms with Crippen molar-refractivity contribution in [2.75, 3.05) is 10.6 Å². The maximum absolute atomic E-state index is 12.4. The molecule has 0 saturated heterocycles. The lowest BCUT2D eigenvalue weighted by atomic mass is 10.1. The standard InChI is InChI=1S/C22H20BrN3O2/c1-15(24-21(27)19-9-5-6-10-20(19)23)16-11-13-18(14-12-16)26-22(28)25-17-7-3-2-4-8-17/h2-15H,1H3,(H,24,27)(H2,25,26,28). The van der Waals surface area contributed by atoms with E-state index in [1.807, 2.05) is 67.6 Å². The maximum Gasteiger partial charge on any atom is 0.323 e. The van der Waals surface area contributed by atoms with Crippen molar-refractivity contribution >= 4 is 39.2 Å². The Morgan fingerprint density at radius 3 is 2.00 bits per heavy atom. The van der Waals surface area contributed by atoms with Crippen molar-refractivity contribution in [2.45, 2.75) is 13.0 Å². The van der Waals surface area contributed by atoms with E-state index in [1.165, 1.54) is 0 Å². The maximum atomic E-state index is 12.4. The average molecular weight is 438 g/mol. The monoisotopic (exact) mass is 437 g/mol. The fourth-order valence-corrected chi connectivity index (χ4v) is 3.14. The van der Waals surface area contributed by atoms with E-state index in [1.54, 1.807) is 18.2 Å². The van der Waals surface area contributed by atoms with E-state index < -0.39 is 0 Å². The predicted octanol–water partition coefficient (Wildman–Crippen LogP) is 5.58. The fourth-order valence-electron chi connectivity index (χ4n) is 2.67. The van der Waals surface area contributed by atoms with Gasteiger partial charge in [-0.2, -0.15) is 0 Å². The van der Waals surface area contributed by atoms with Crippen LogP contribution >= 0.6 is 15.9 Å². The molecule has 0 bridgehead atoms. The summed E-state index contributed by atoms with van der Waals surface area (Å²) in [6.45, 7) is 1.92. The number of carbonyl (C=O) groups is 2. The Bertz CT molecular complexity index is 959. The summed E-state index contributed by atoms with van der Waals surface area (Å²) in [5.74, 6) is -0.149. The molecule has 3 aromatic carbocycles. The van der Waals surface area contributed by atoms with Crippen LogP contribution in [-0.2, 0) is 0 Å². The van der Waals surface area contributed by atoms with Crippen LogP contribution in [0.1, 0.15) is 28.9 Å². The SMILES string of the molecule is CC(NC(=O)c1ccccc1Br)c1ccc(NC(=O)Nc2ccccc2)cc1. The van der Waals surface area contributed by atoms with Gasteiger partial charge in [0.25, 0.3) is 5.91 Å². The number of benzene rings is 3. The Kier molecular flexibility index (Phi) is 6.45. The molecule has 3 rings (SSSR count). The molecule has 0 saturated carbocycles. The summed E-state index contributed by atoms with van der Waals surface area (Å²) in [4.78, 5) is 24.5. The van der Waals surface area contributed by atoms with Crippen molar-refractivity contribution < 1.29 is 9.59 Å². The lowest BCUT2D eigenvalue weighted by Gasteiger charge is -2.16. The molecule has 142 valence electrons. The second kappa shape index (κ2) is 9.19. The van der Waals surface area contributed by atoms with E-state index in [0.29, 0.717) is 11.3 Å². The third kappa shape index (κ3) is 5.20. The number of carbonyl (C=O) groups excluding carboxylic acids is 2. The molecule has 3 N–H and O–H groups in total. The molecule has 6 heteroatoms. The molecule has 3 aromatic rings. The smallest absolute Gasteiger partial charge is 0.323 e. The predicted molar refractivity (Wildman–Crippen MR) is 116 cm³/mol. The molecule has 0 spiro atoms. The number of urea groups is 1. The quantitative estimate of drug-likeness (QED) is 0.487. The molecular weight excluding hydrogens is 418 g/mol. The topological polar surface area (TPSA) is 70.2 Å². The molecule has 0 fully saturated rings. The Morgan fingerprint density at radius 1 is 0.786 bits per heavy atom. The van der Waals surface area contributed by atoms with Crippen LogP contribution in [0.15, 0.2) is 83.3 Å². The highest BCUT2D eigenvalue weighted by atomic mass is 79.9. The summed E-state index contributed by atoms with van der Waals surface area (Å²) in [5.41, 5.74) is 2.92. The molecular formula is C22H20BrN3O2. The number of halogens is 1. The van der Waals surface area contributed by atoms with Gasteiger partial charge in [0, 0.05) is 15.8 Å². The normalized spacial score (nSPS) is 11.4. The lowest BCUT2D eigenvalue weighted by molar-refractivity contribution is 0.0939. The summed E-state index contributed by atoms with van der Waals surface area (Å²) >= 11 is 3.39. The van der Waals surface area contributed by atoms with Gasteiger partial charge in [0.05, 0.1) is 11.6 Å². The second-order valence-corrected chi connectivity index (χ2v) is 7.10. The average Bonchev–Trinajstić information content (AvgIpc) is 2.69. The highest BCUT2D eigenvalue weighted by Gasteiger charge is 2.13. The number of anilines is 2. The number of nitrogens with one attached hydrogen (secondary N) is 3. The van der Waals surface area contributed by atoms with Crippen molar-refractivity contribution in [3.05, 3.63) is 94.5 Å². The fraction of sp³-hybridized carbons (Fsp3) is 0.0909. The molecule has 0 aliphatic heterocycles. The van der Waals surface area contributed by atoms with E-state index in [9.17, 15) is 9.59 Å². The van der Waals surface area contributed by atoms with Gasteiger partial charge in [-0.3, -0.25) is 4.79 Å². The lowest BCUT2D eigenvalue weighted by Crippen LogP contribution is -2.27. The third-order valence-electron chi connectivity index (χ3n) is 4.17. The van der Waals surface area contributed by atoms with Crippen LogP contribution in [0.5, 0.6) is 0 Å². The summed E-state index contributed by atoms with van der Waals surface area (Å²) in [7, 11) is 0. The first-order chi connectivity index (χ1) is 13.5. The Hall–Kier alpha value is -3.12. The summed E-state index contributed by atoms with van der Waals surface area (Å²) in [6, 6.07) is 23.4. The summed E-state index contributed by atoms with van der Waals surface area (Å²) < 4.78 is 0.753. The second-order valence-electron chi connectivity index (χ2n) is 6.24. The first kappa shape index (κ1) is 19.6. The van der Waals surface area contributed by atoms with Gasteiger partial charge in [-0.25, -0.2) is 4.79 Å². The van der Waals surface area contributed by atoms with Crippen molar-refractivity contribution in [1.29, 1.82) is 0 Å². The number of hydrogen-bond acceptors (Lipinski definition) is 2. The molecule has 5 nitrogen and oxygen atoms in total. The number of hydrogen-bond donors (Lipinski definition) is 3. The number of rotatable bonds is 5. The van der Waals surface area contributed by atoms with Crippen molar-refractivity contribution in [3.8, 4) is 0 Å². The third-order valence-corrected chi connectivity index (χ3v) is 4.86. The minimum Gasteiger partial charge on any atom is -0.345 e. The summed E-state index contributed by atoms with van der Waals surface area (Å²) in [5, 5.41) is 8.53. The van der Waals surface area contributed by atoms with Crippen LogP contribution in [0, 0.1) is 0 Å². The highest BCUT2D eigenvalue weighted by Crippen LogP contribution is 2.20. The van der Waals surface area contributed by atoms with Crippen LogP contribution < -0.4 is 16.0 Å². The zero-order chi connectivity index (χ0) is 19.9. The van der Waals surface area contributed by atoms with Gasteiger partial charge >= 0.3 is 6.03 Å². The zero-order valence-corrected chi connectivity index (χ0v) is 16.9. The van der Waals surface area contributed by atoms with E-state index >= 15 is 0 Å². The van der Waals surface area contributed by atoms with Crippen LogP contribution in [0.4, 0.5) is 16.2 Å². The van der Waals surface area contributed by atoms with E-state index in [0.717, 1.165) is 15.7 Å². The Balaban J connectivity index is 1.58. The van der Waals surface area contributed by atoms with Crippen molar-refractivity contribution in [2.24, 2.45) is 0 Å². The molecule has 1 atom stereocenters. The van der Waals surface area contributed by atoms with Crippen LogP contribution in [0.25, 0.3) is 0 Å².